The maximum Gasteiger partial charge on any atom is 0.322 e. The van der Waals surface area contributed by atoms with Crippen molar-refractivity contribution in [2.45, 2.75) is 19.0 Å². The lowest BCUT2D eigenvalue weighted by Gasteiger charge is -2.35. The lowest BCUT2D eigenvalue weighted by molar-refractivity contribution is -0.123. The van der Waals surface area contributed by atoms with Gasteiger partial charge in [-0.05, 0) is 24.6 Å². The lowest BCUT2D eigenvalue weighted by atomic mass is 10.0. The van der Waals surface area contributed by atoms with Gasteiger partial charge >= 0.3 is 6.03 Å². The van der Waals surface area contributed by atoms with Crippen molar-refractivity contribution in [1.29, 1.82) is 0 Å². The van der Waals surface area contributed by atoms with Crippen molar-refractivity contribution in [3.63, 3.8) is 0 Å². The number of halogens is 2. The van der Waals surface area contributed by atoms with E-state index in [0.29, 0.717) is 11.8 Å². The second-order valence-electron chi connectivity index (χ2n) is 6.29. The summed E-state index contributed by atoms with van der Waals surface area (Å²) in [5.74, 6) is -2.19. The summed E-state index contributed by atoms with van der Waals surface area (Å²) in [5.41, 5.74) is 1.52. The molecule has 0 bridgehead atoms. The summed E-state index contributed by atoms with van der Waals surface area (Å²) in [6, 6.07) is 8.36. The Balaban J connectivity index is 1.72. The Morgan fingerprint density at radius 2 is 2.04 bits per heavy atom. The normalized spacial score (nSPS) is 17.1. The number of hydrogen-bond acceptors (Lipinski definition) is 3. The Morgan fingerprint density at radius 3 is 2.74 bits per heavy atom. The van der Waals surface area contributed by atoms with E-state index in [1.807, 2.05) is 12.1 Å². The number of hydrogen-bond donors (Lipinski definition) is 3. The van der Waals surface area contributed by atoms with Gasteiger partial charge in [-0.25, -0.2) is 13.6 Å². The van der Waals surface area contributed by atoms with Gasteiger partial charge < -0.3 is 20.6 Å². The molecule has 142 valence electrons. The van der Waals surface area contributed by atoms with Crippen molar-refractivity contribution in [3.05, 3.63) is 65.2 Å². The van der Waals surface area contributed by atoms with E-state index >= 15 is 0 Å². The zero-order valence-electron chi connectivity index (χ0n) is 14.6. The molecule has 0 radical (unpaired) electrons. The van der Waals surface area contributed by atoms with Crippen LogP contribution in [0.15, 0.2) is 42.5 Å². The molecule has 2 aromatic rings. The molecule has 1 aliphatic rings. The molecule has 0 spiro atoms. The number of carbonyl (C=O) groups is 2. The first-order valence-corrected chi connectivity index (χ1v) is 8.42. The second kappa shape index (κ2) is 7.71. The highest BCUT2D eigenvalue weighted by Gasteiger charge is 2.31. The summed E-state index contributed by atoms with van der Waals surface area (Å²) in [6.07, 6.45) is 0. The molecule has 0 aliphatic carbocycles. The molecule has 1 heterocycles. The van der Waals surface area contributed by atoms with Gasteiger partial charge in [0.15, 0.2) is 0 Å². The lowest BCUT2D eigenvalue weighted by Crippen LogP contribution is -2.47. The first-order valence-electron chi connectivity index (χ1n) is 8.42. The molecule has 0 saturated heterocycles. The van der Waals surface area contributed by atoms with Crippen LogP contribution in [0.4, 0.5) is 19.3 Å². The number of nitrogens with zero attached hydrogens (tertiary/aromatic N) is 1. The highest BCUT2D eigenvalue weighted by Crippen LogP contribution is 2.32. The molecule has 0 saturated carbocycles. The second-order valence-corrected chi connectivity index (χ2v) is 6.29. The summed E-state index contributed by atoms with van der Waals surface area (Å²) in [7, 11) is 0. The number of nitrogens with one attached hydrogen (secondary N) is 2. The summed E-state index contributed by atoms with van der Waals surface area (Å²) < 4.78 is 27.0. The van der Waals surface area contributed by atoms with Gasteiger partial charge in [0.1, 0.15) is 18.2 Å². The predicted octanol–water partition coefficient (Wildman–Crippen LogP) is 2.72. The van der Waals surface area contributed by atoms with Crippen LogP contribution in [0.3, 0.4) is 0 Å². The Morgan fingerprint density at radius 1 is 1.30 bits per heavy atom. The van der Waals surface area contributed by atoms with Crippen LogP contribution in [-0.4, -0.2) is 35.1 Å². The average molecular weight is 375 g/mol. The van der Waals surface area contributed by atoms with Crippen molar-refractivity contribution in [3.8, 4) is 0 Å². The fourth-order valence-corrected chi connectivity index (χ4v) is 3.12. The van der Waals surface area contributed by atoms with Crippen LogP contribution in [0.5, 0.6) is 0 Å². The van der Waals surface area contributed by atoms with Gasteiger partial charge in [0.25, 0.3) is 0 Å². The third-order valence-electron chi connectivity index (χ3n) is 4.55. The molecule has 8 heteroatoms. The molecule has 2 atom stereocenters. The van der Waals surface area contributed by atoms with Gasteiger partial charge in [-0.2, -0.15) is 0 Å². The fraction of sp³-hybridized carbons (Fsp3) is 0.263. The Labute approximate surface area is 154 Å². The van der Waals surface area contributed by atoms with Crippen molar-refractivity contribution < 1.29 is 23.5 Å². The molecule has 3 rings (SSSR count). The number of benzene rings is 2. The Kier molecular flexibility index (Phi) is 5.36. The maximum absolute atomic E-state index is 13.9. The standard InChI is InChI=1S/C19H19F2N3O3/c1-11-13-4-2-3-5-16(13)23-19(27)24(11)9-18(26)22-17(10-25)14-7-6-12(20)8-15(14)21/h2-8,11,17,25H,9-10H2,1H3,(H,22,26)(H,23,27)/t11-,17+/m1/s1. The van der Waals surface area contributed by atoms with E-state index < -0.39 is 36.2 Å². The molecular formula is C19H19F2N3O3. The van der Waals surface area contributed by atoms with Gasteiger partial charge in [0, 0.05) is 17.3 Å². The van der Waals surface area contributed by atoms with Gasteiger partial charge in [-0.3, -0.25) is 4.79 Å². The van der Waals surface area contributed by atoms with Crippen molar-refractivity contribution in [2.75, 3.05) is 18.5 Å². The van der Waals surface area contributed by atoms with Crippen LogP contribution in [0.1, 0.15) is 30.1 Å². The quantitative estimate of drug-likeness (QED) is 0.752. The first-order chi connectivity index (χ1) is 12.9. The Bertz CT molecular complexity index is 875. The van der Waals surface area contributed by atoms with E-state index in [4.69, 9.17) is 0 Å². The molecule has 0 aromatic heterocycles. The van der Waals surface area contributed by atoms with E-state index in [0.717, 1.165) is 17.7 Å². The van der Waals surface area contributed by atoms with Crippen LogP contribution in [-0.2, 0) is 4.79 Å². The number of rotatable bonds is 5. The van der Waals surface area contributed by atoms with E-state index in [2.05, 4.69) is 10.6 Å². The molecule has 0 unspecified atom stereocenters. The van der Waals surface area contributed by atoms with E-state index in [1.165, 1.54) is 4.90 Å². The van der Waals surface area contributed by atoms with Gasteiger partial charge in [0.2, 0.25) is 5.91 Å². The summed E-state index contributed by atoms with van der Waals surface area (Å²) >= 11 is 0. The molecule has 0 fully saturated rings. The molecule has 1 aliphatic heterocycles. The Hall–Kier alpha value is -3.00. The van der Waals surface area contributed by atoms with Crippen LogP contribution in [0.25, 0.3) is 0 Å². The highest BCUT2D eigenvalue weighted by molar-refractivity contribution is 5.95. The molecule has 6 nitrogen and oxygen atoms in total. The highest BCUT2D eigenvalue weighted by atomic mass is 19.1. The van der Waals surface area contributed by atoms with Crippen LogP contribution in [0.2, 0.25) is 0 Å². The van der Waals surface area contributed by atoms with Crippen molar-refractivity contribution in [2.24, 2.45) is 0 Å². The number of anilines is 1. The number of aliphatic hydroxyl groups excluding tert-OH is 1. The van der Waals surface area contributed by atoms with Gasteiger partial charge in [-0.15, -0.1) is 0 Å². The van der Waals surface area contributed by atoms with Gasteiger partial charge in [-0.1, -0.05) is 24.3 Å². The van der Waals surface area contributed by atoms with E-state index in [9.17, 15) is 23.5 Å². The number of urea groups is 1. The monoisotopic (exact) mass is 375 g/mol. The number of carbonyl (C=O) groups excluding carboxylic acids is 2. The molecule has 3 N–H and O–H groups in total. The van der Waals surface area contributed by atoms with Crippen LogP contribution >= 0.6 is 0 Å². The van der Waals surface area contributed by atoms with Gasteiger partial charge in [0.05, 0.1) is 18.7 Å². The van der Waals surface area contributed by atoms with E-state index in [-0.39, 0.29) is 18.2 Å². The maximum atomic E-state index is 13.9. The average Bonchev–Trinajstić information content (AvgIpc) is 2.63. The minimum atomic E-state index is -1.05. The predicted molar refractivity (Wildman–Crippen MR) is 94.9 cm³/mol. The third kappa shape index (κ3) is 3.90. The summed E-state index contributed by atoms with van der Waals surface area (Å²) in [5, 5.41) is 14.7. The number of para-hydroxylation sites is 1. The molecule has 27 heavy (non-hydrogen) atoms. The van der Waals surface area contributed by atoms with Crippen LogP contribution < -0.4 is 10.6 Å². The van der Waals surface area contributed by atoms with Crippen molar-refractivity contribution in [1.82, 2.24) is 10.2 Å². The van der Waals surface area contributed by atoms with Crippen LogP contribution in [0, 0.1) is 11.6 Å². The SMILES string of the molecule is C[C@@H]1c2ccccc2NC(=O)N1CC(=O)N[C@@H](CO)c1ccc(F)cc1F. The minimum absolute atomic E-state index is 0.0336. The summed E-state index contributed by atoms with van der Waals surface area (Å²) in [6.45, 7) is 0.952. The molecule has 2 aromatic carbocycles. The summed E-state index contributed by atoms with van der Waals surface area (Å²) in [4.78, 5) is 26.0. The number of aliphatic hydroxyl groups is 1. The van der Waals surface area contributed by atoms with Crippen molar-refractivity contribution >= 4 is 17.6 Å². The third-order valence-corrected chi connectivity index (χ3v) is 4.55. The zero-order valence-corrected chi connectivity index (χ0v) is 14.6. The smallest absolute Gasteiger partial charge is 0.322 e. The number of fused-ring (bicyclic) bond motifs is 1. The number of amides is 3. The minimum Gasteiger partial charge on any atom is -0.394 e. The fourth-order valence-electron chi connectivity index (χ4n) is 3.12. The zero-order chi connectivity index (χ0) is 19.6. The van der Waals surface area contributed by atoms with E-state index in [1.54, 1.807) is 19.1 Å². The molecular weight excluding hydrogens is 356 g/mol. The molecule has 3 amide bonds. The first kappa shape index (κ1) is 18.8. The largest absolute Gasteiger partial charge is 0.394 e. The topological polar surface area (TPSA) is 81.7 Å².